The number of benzene rings is 2. The second kappa shape index (κ2) is 5.58. The van der Waals surface area contributed by atoms with Gasteiger partial charge in [-0.1, -0.05) is 41.6 Å². The number of aliphatic hydroxyl groups excluding tert-OH is 1. The lowest BCUT2D eigenvalue weighted by Gasteiger charge is -2.06. The van der Waals surface area contributed by atoms with Crippen LogP contribution in [-0.4, -0.2) is 5.11 Å². The summed E-state index contributed by atoms with van der Waals surface area (Å²) in [6.45, 7) is 1.76. The summed E-state index contributed by atoms with van der Waals surface area (Å²) in [5, 5.41) is 10.2. The Morgan fingerprint density at radius 1 is 1.06 bits per heavy atom. The van der Waals surface area contributed by atoms with Gasteiger partial charge in [-0.25, -0.2) is 0 Å². The molecule has 0 saturated heterocycles. The van der Waals surface area contributed by atoms with Crippen LogP contribution in [0.1, 0.15) is 18.6 Å². The Bertz CT molecular complexity index is 494. The van der Waals surface area contributed by atoms with Gasteiger partial charge in [0.1, 0.15) is 0 Å². The zero-order chi connectivity index (χ0) is 12.3. The molecule has 0 aliphatic rings. The van der Waals surface area contributed by atoms with Gasteiger partial charge in [-0.05, 0) is 42.8 Å². The number of halogens is 1. The zero-order valence-electron chi connectivity index (χ0n) is 9.43. The van der Waals surface area contributed by atoms with E-state index < -0.39 is 6.10 Å². The van der Waals surface area contributed by atoms with E-state index in [1.165, 1.54) is 0 Å². The van der Waals surface area contributed by atoms with Crippen LogP contribution in [0.4, 0.5) is 0 Å². The van der Waals surface area contributed by atoms with E-state index in [-0.39, 0.29) is 0 Å². The minimum absolute atomic E-state index is 0.416. The summed E-state index contributed by atoms with van der Waals surface area (Å²) >= 11 is 7.59. The minimum Gasteiger partial charge on any atom is -0.389 e. The van der Waals surface area contributed by atoms with E-state index in [1.807, 2.05) is 48.5 Å². The second-order valence-electron chi connectivity index (χ2n) is 3.80. The molecule has 88 valence electrons. The van der Waals surface area contributed by atoms with Gasteiger partial charge in [0.05, 0.1) is 6.10 Å². The lowest BCUT2D eigenvalue weighted by Crippen LogP contribution is -1.89. The van der Waals surface area contributed by atoms with Crippen molar-refractivity contribution < 1.29 is 5.11 Å². The summed E-state index contributed by atoms with van der Waals surface area (Å²) < 4.78 is 0. The molecule has 0 unspecified atom stereocenters. The molecule has 2 aromatic rings. The molecule has 0 aliphatic carbocycles. The fraction of sp³-hybridized carbons (Fsp3) is 0.143. The topological polar surface area (TPSA) is 20.2 Å². The first-order chi connectivity index (χ1) is 8.15. The molecule has 0 aromatic heterocycles. The van der Waals surface area contributed by atoms with Gasteiger partial charge in [0.25, 0.3) is 0 Å². The first kappa shape index (κ1) is 12.5. The van der Waals surface area contributed by atoms with Gasteiger partial charge in [0.15, 0.2) is 0 Å². The molecule has 0 saturated carbocycles. The Morgan fingerprint density at radius 3 is 2.35 bits per heavy atom. The second-order valence-corrected chi connectivity index (χ2v) is 5.39. The first-order valence-electron chi connectivity index (χ1n) is 5.36. The lowest BCUT2D eigenvalue weighted by atomic mass is 10.1. The van der Waals surface area contributed by atoms with Gasteiger partial charge < -0.3 is 5.11 Å². The van der Waals surface area contributed by atoms with E-state index in [1.54, 1.807) is 18.7 Å². The molecular formula is C14H13ClOS. The molecule has 1 N–H and O–H groups in total. The van der Waals surface area contributed by atoms with Gasteiger partial charge in [-0.15, -0.1) is 0 Å². The van der Waals surface area contributed by atoms with Gasteiger partial charge in [-0.2, -0.15) is 0 Å². The van der Waals surface area contributed by atoms with Crippen LogP contribution in [0.3, 0.4) is 0 Å². The summed E-state index contributed by atoms with van der Waals surface area (Å²) in [4.78, 5) is 2.25. The Labute approximate surface area is 110 Å². The molecule has 3 heteroatoms. The SMILES string of the molecule is C[C@@H](O)c1ccc(Sc2cccc(Cl)c2)cc1. The van der Waals surface area contributed by atoms with Crippen LogP contribution in [0.2, 0.25) is 5.02 Å². The number of hydrogen-bond donors (Lipinski definition) is 1. The van der Waals surface area contributed by atoms with Gasteiger partial charge in [-0.3, -0.25) is 0 Å². The molecule has 17 heavy (non-hydrogen) atoms. The summed E-state index contributed by atoms with van der Waals surface area (Å²) in [5.41, 5.74) is 0.931. The standard InChI is InChI=1S/C14H13ClOS/c1-10(16)11-5-7-13(8-6-11)17-14-4-2-3-12(15)9-14/h2-10,16H,1H3/t10-/m1/s1. The highest BCUT2D eigenvalue weighted by atomic mass is 35.5. The van der Waals surface area contributed by atoms with Gasteiger partial charge in [0, 0.05) is 14.8 Å². The number of aliphatic hydroxyl groups is 1. The highest BCUT2D eigenvalue weighted by Gasteiger charge is 2.02. The number of hydrogen-bond acceptors (Lipinski definition) is 2. The van der Waals surface area contributed by atoms with Crippen LogP contribution in [0, 0.1) is 0 Å². The zero-order valence-corrected chi connectivity index (χ0v) is 11.0. The molecule has 0 fully saturated rings. The van der Waals surface area contributed by atoms with E-state index in [0.29, 0.717) is 0 Å². The predicted molar refractivity (Wildman–Crippen MR) is 72.7 cm³/mol. The summed E-state index contributed by atoms with van der Waals surface area (Å²) in [7, 11) is 0. The van der Waals surface area contributed by atoms with E-state index in [2.05, 4.69) is 0 Å². The Hall–Kier alpha value is -0.960. The average Bonchev–Trinajstić information content (AvgIpc) is 2.29. The predicted octanol–water partition coefficient (Wildman–Crippen LogP) is 4.54. The van der Waals surface area contributed by atoms with E-state index in [9.17, 15) is 5.11 Å². The molecule has 2 rings (SSSR count). The van der Waals surface area contributed by atoms with Crippen molar-refractivity contribution in [3.05, 3.63) is 59.1 Å². The molecule has 2 aromatic carbocycles. The normalized spacial score (nSPS) is 12.4. The van der Waals surface area contributed by atoms with Crippen molar-refractivity contribution in [2.75, 3.05) is 0 Å². The first-order valence-corrected chi connectivity index (χ1v) is 6.56. The lowest BCUT2D eigenvalue weighted by molar-refractivity contribution is 0.199. The summed E-state index contributed by atoms with van der Waals surface area (Å²) in [6, 6.07) is 15.7. The fourth-order valence-corrected chi connectivity index (χ4v) is 2.61. The van der Waals surface area contributed by atoms with Gasteiger partial charge in [0.2, 0.25) is 0 Å². The third-order valence-corrected chi connectivity index (χ3v) is 3.63. The molecule has 0 amide bonds. The van der Waals surface area contributed by atoms with Crippen LogP contribution in [-0.2, 0) is 0 Å². The maximum Gasteiger partial charge on any atom is 0.0761 e. The maximum atomic E-state index is 9.42. The van der Waals surface area contributed by atoms with Crippen LogP contribution >= 0.6 is 23.4 Å². The van der Waals surface area contributed by atoms with E-state index >= 15 is 0 Å². The molecule has 1 nitrogen and oxygen atoms in total. The van der Waals surface area contributed by atoms with Crippen LogP contribution in [0.15, 0.2) is 58.3 Å². The largest absolute Gasteiger partial charge is 0.389 e. The van der Waals surface area contributed by atoms with Crippen molar-refractivity contribution in [2.24, 2.45) is 0 Å². The molecule has 0 heterocycles. The van der Waals surface area contributed by atoms with E-state index in [0.717, 1.165) is 20.4 Å². The van der Waals surface area contributed by atoms with Crippen molar-refractivity contribution in [3.8, 4) is 0 Å². The van der Waals surface area contributed by atoms with Crippen molar-refractivity contribution in [3.63, 3.8) is 0 Å². The van der Waals surface area contributed by atoms with Crippen molar-refractivity contribution in [2.45, 2.75) is 22.8 Å². The average molecular weight is 265 g/mol. The van der Waals surface area contributed by atoms with Crippen molar-refractivity contribution in [1.29, 1.82) is 0 Å². The molecule has 0 aliphatic heterocycles. The van der Waals surface area contributed by atoms with Crippen LogP contribution in [0.5, 0.6) is 0 Å². The smallest absolute Gasteiger partial charge is 0.0761 e. The minimum atomic E-state index is -0.416. The van der Waals surface area contributed by atoms with Crippen molar-refractivity contribution in [1.82, 2.24) is 0 Å². The van der Waals surface area contributed by atoms with Crippen molar-refractivity contribution >= 4 is 23.4 Å². The quantitative estimate of drug-likeness (QED) is 0.878. The third-order valence-electron chi connectivity index (χ3n) is 2.39. The maximum absolute atomic E-state index is 9.42. The highest BCUT2D eigenvalue weighted by molar-refractivity contribution is 7.99. The Morgan fingerprint density at radius 2 is 1.76 bits per heavy atom. The third kappa shape index (κ3) is 3.50. The summed E-state index contributed by atoms with van der Waals surface area (Å²) in [5.74, 6) is 0. The summed E-state index contributed by atoms with van der Waals surface area (Å²) in [6.07, 6.45) is -0.416. The number of rotatable bonds is 3. The Kier molecular flexibility index (Phi) is 4.11. The Balaban J connectivity index is 2.14. The monoisotopic (exact) mass is 264 g/mol. The fourth-order valence-electron chi connectivity index (χ4n) is 1.48. The van der Waals surface area contributed by atoms with Crippen LogP contribution in [0.25, 0.3) is 0 Å². The van der Waals surface area contributed by atoms with Crippen LogP contribution < -0.4 is 0 Å². The molecule has 0 spiro atoms. The molecule has 1 atom stereocenters. The van der Waals surface area contributed by atoms with E-state index in [4.69, 9.17) is 11.6 Å². The molecule has 0 bridgehead atoms. The molecule has 0 radical (unpaired) electrons. The van der Waals surface area contributed by atoms with Gasteiger partial charge >= 0.3 is 0 Å². The molecular weight excluding hydrogens is 252 g/mol. The highest BCUT2D eigenvalue weighted by Crippen LogP contribution is 2.30.